The van der Waals surface area contributed by atoms with Crippen LogP contribution in [-0.4, -0.2) is 27.4 Å². The highest BCUT2D eigenvalue weighted by atomic mass is 19.1. The Labute approximate surface area is 161 Å². The molecule has 1 heterocycles. The van der Waals surface area contributed by atoms with E-state index in [-0.39, 0.29) is 29.8 Å². The van der Waals surface area contributed by atoms with Crippen molar-refractivity contribution in [2.75, 3.05) is 22.5 Å². The van der Waals surface area contributed by atoms with Gasteiger partial charge in [0.25, 0.3) is 0 Å². The number of halogens is 1. The third-order valence-electron chi connectivity index (χ3n) is 3.86. The minimum absolute atomic E-state index is 0.0223. The fourth-order valence-corrected chi connectivity index (χ4v) is 2.40. The number of nitrogens with zero attached hydrogens (tertiary/aromatic N) is 2. The van der Waals surface area contributed by atoms with Gasteiger partial charge in [-0.3, -0.25) is 4.79 Å². The number of hydrogen-bond donors (Lipinski definition) is 4. The molecule has 0 amide bonds. The van der Waals surface area contributed by atoms with Crippen molar-refractivity contribution < 1.29 is 14.3 Å². The van der Waals surface area contributed by atoms with Gasteiger partial charge in [0, 0.05) is 29.5 Å². The van der Waals surface area contributed by atoms with Gasteiger partial charge in [-0.2, -0.15) is 4.98 Å². The van der Waals surface area contributed by atoms with Gasteiger partial charge in [0.1, 0.15) is 5.75 Å². The van der Waals surface area contributed by atoms with Gasteiger partial charge in [-0.25, -0.2) is 9.37 Å². The van der Waals surface area contributed by atoms with E-state index in [1.165, 1.54) is 12.1 Å². The third kappa shape index (κ3) is 5.16. The van der Waals surface area contributed by atoms with E-state index in [1.807, 2.05) is 25.1 Å². The average molecular weight is 381 g/mol. The maximum atomic E-state index is 14.0. The van der Waals surface area contributed by atoms with Crippen LogP contribution in [0.5, 0.6) is 5.75 Å². The van der Waals surface area contributed by atoms with Gasteiger partial charge >= 0.3 is 0 Å². The minimum Gasteiger partial charge on any atom is -0.508 e. The van der Waals surface area contributed by atoms with E-state index in [4.69, 9.17) is 0 Å². The average Bonchev–Trinajstić information content (AvgIpc) is 2.69. The van der Waals surface area contributed by atoms with Crippen LogP contribution in [0.1, 0.15) is 13.3 Å². The number of aromatic nitrogens is 2. The van der Waals surface area contributed by atoms with Gasteiger partial charge in [-0.15, -0.1) is 0 Å². The molecule has 0 atom stereocenters. The lowest BCUT2D eigenvalue weighted by Crippen LogP contribution is -2.12. The van der Waals surface area contributed by atoms with E-state index in [9.17, 15) is 14.3 Å². The number of anilines is 5. The van der Waals surface area contributed by atoms with Gasteiger partial charge in [0.15, 0.2) is 17.4 Å². The SMILES string of the molecule is CCC(=O)CNc1cccc(Nc2ncc(F)c(Nc3cccc(O)c3)n2)c1. The number of benzene rings is 2. The third-order valence-corrected chi connectivity index (χ3v) is 3.86. The van der Waals surface area contributed by atoms with Gasteiger partial charge in [-0.05, 0) is 30.3 Å². The fourth-order valence-electron chi connectivity index (χ4n) is 2.40. The lowest BCUT2D eigenvalue weighted by Gasteiger charge is -2.11. The van der Waals surface area contributed by atoms with Gasteiger partial charge < -0.3 is 21.1 Å². The number of phenolic OH excluding ortho intramolecular Hbond substituents is 1. The Balaban J connectivity index is 1.73. The highest BCUT2D eigenvalue weighted by Gasteiger charge is 2.09. The number of aromatic hydroxyl groups is 1. The van der Waals surface area contributed by atoms with Gasteiger partial charge in [-0.1, -0.05) is 19.1 Å². The Hall–Kier alpha value is -3.68. The molecule has 144 valence electrons. The molecule has 0 aliphatic carbocycles. The number of rotatable bonds is 8. The highest BCUT2D eigenvalue weighted by Crippen LogP contribution is 2.23. The Bertz CT molecular complexity index is 980. The normalized spacial score (nSPS) is 10.4. The standard InChI is InChI=1S/C20H20FN5O2/c1-2-16(27)11-22-13-5-3-6-14(9-13)25-20-23-12-18(21)19(26-20)24-15-7-4-8-17(28)10-15/h3-10,12,22,28H,2,11H2,1H3,(H2,23,24,25,26). The number of ketones is 1. The highest BCUT2D eigenvalue weighted by molar-refractivity contribution is 5.82. The number of phenols is 1. The summed E-state index contributed by atoms with van der Waals surface area (Å²) in [6.07, 6.45) is 1.53. The predicted molar refractivity (Wildman–Crippen MR) is 107 cm³/mol. The Morgan fingerprint density at radius 1 is 1.07 bits per heavy atom. The van der Waals surface area contributed by atoms with Gasteiger partial charge in [0.05, 0.1) is 12.7 Å². The van der Waals surface area contributed by atoms with Crippen molar-refractivity contribution in [1.82, 2.24) is 9.97 Å². The van der Waals surface area contributed by atoms with Crippen LogP contribution in [0.4, 0.5) is 33.2 Å². The molecule has 3 rings (SSSR count). The molecule has 0 unspecified atom stereocenters. The molecule has 0 saturated carbocycles. The molecule has 0 aliphatic heterocycles. The number of carbonyl (C=O) groups is 1. The zero-order valence-corrected chi connectivity index (χ0v) is 15.2. The summed E-state index contributed by atoms with van der Waals surface area (Å²) in [6, 6.07) is 13.6. The molecule has 8 heteroatoms. The van der Waals surface area contributed by atoms with Crippen LogP contribution in [0.15, 0.2) is 54.7 Å². The van der Waals surface area contributed by atoms with Crippen LogP contribution in [-0.2, 0) is 4.79 Å². The minimum atomic E-state index is -0.623. The molecular formula is C20H20FN5O2. The summed E-state index contributed by atoms with van der Waals surface area (Å²) in [4.78, 5) is 19.5. The number of carbonyl (C=O) groups excluding carboxylic acids is 1. The smallest absolute Gasteiger partial charge is 0.229 e. The van der Waals surface area contributed by atoms with Crippen LogP contribution >= 0.6 is 0 Å². The summed E-state index contributed by atoms with van der Waals surface area (Å²) >= 11 is 0. The lowest BCUT2D eigenvalue weighted by atomic mass is 10.2. The van der Waals surface area contributed by atoms with E-state index >= 15 is 0 Å². The molecular weight excluding hydrogens is 361 g/mol. The van der Waals surface area contributed by atoms with Crippen molar-refractivity contribution in [1.29, 1.82) is 0 Å². The maximum absolute atomic E-state index is 14.0. The molecule has 7 nitrogen and oxygen atoms in total. The molecule has 0 fully saturated rings. The monoisotopic (exact) mass is 381 g/mol. The molecule has 28 heavy (non-hydrogen) atoms. The lowest BCUT2D eigenvalue weighted by molar-refractivity contribution is -0.117. The topological polar surface area (TPSA) is 99.2 Å². The van der Waals surface area contributed by atoms with E-state index < -0.39 is 5.82 Å². The first kappa shape index (κ1) is 19.1. The second-order valence-corrected chi connectivity index (χ2v) is 6.02. The van der Waals surface area contributed by atoms with Crippen molar-refractivity contribution >= 4 is 34.6 Å². The Morgan fingerprint density at radius 3 is 2.54 bits per heavy atom. The van der Waals surface area contributed by atoms with E-state index in [0.29, 0.717) is 17.8 Å². The Kier molecular flexibility index (Phi) is 6.01. The second kappa shape index (κ2) is 8.81. The van der Waals surface area contributed by atoms with Crippen molar-refractivity contribution in [3.05, 3.63) is 60.5 Å². The first-order valence-corrected chi connectivity index (χ1v) is 8.74. The van der Waals surface area contributed by atoms with Crippen LogP contribution in [0.25, 0.3) is 0 Å². The van der Waals surface area contributed by atoms with Crippen LogP contribution in [0, 0.1) is 5.82 Å². The molecule has 0 aliphatic rings. The molecule has 0 spiro atoms. The van der Waals surface area contributed by atoms with Crippen molar-refractivity contribution in [2.45, 2.75) is 13.3 Å². The zero-order chi connectivity index (χ0) is 19.9. The predicted octanol–water partition coefficient (Wildman–Crippen LogP) is 4.20. The summed E-state index contributed by atoms with van der Waals surface area (Å²) in [5.74, 6) is -0.272. The second-order valence-electron chi connectivity index (χ2n) is 6.02. The summed E-state index contributed by atoms with van der Waals surface area (Å²) in [5.41, 5.74) is 1.95. The van der Waals surface area contributed by atoms with E-state index in [2.05, 4.69) is 25.9 Å². The molecule has 1 aromatic heterocycles. The fraction of sp³-hybridized carbons (Fsp3) is 0.150. The molecule has 2 aromatic carbocycles. The quantitative estimate of drug-likeness (QED) is 0.464. The molecule has 0 radical (unpaired) electrons. The first-order chi connectivity index (χ1) is 13.5. The molecule has 3 aromatic rings. The summed E-state index contributed by atoms with van der Waals surface area (Å²) in [5, 5.41) is 18.4. The summed E-state index contributed by atoms with van der Waals surface area (Å²) in [6.45, 7) is 2.07. The summed E-state index contributed by atoms with van der Waals surface area (Å²) < 4.78 is 14.0. The number of nitrogens with one attached hydrogen (secondary N) is 3. The molecule has 4 N–H and O–H groups in total. The van der Waals surface area contributed by atoms with Gasteiger partial charge in [0.2, 0.25) is 5.95 Å². The molecule has 0 saturated heterocycles. The number of Topliss-reactive ketones (excluding diaryl/α,β-unsaturated/α-hetero) is 1. The van der Waals surface area contributed by atoms with Crippen LogP contribution in [0.3, 0.4) is 0 Å². The van der Waals surface area contributed by atoms with E-state index in [1.54, 1.807) is 18.2 Å². The summed E-state index contributed by atoms with van der Waals surface area (Å²) in [7, 11) is 0. The van der Waals surface area contributed by atoms with Crippen molar-refractivity contribution in [2.24, 2.45) is 0 Å². The first-order valence-electron chi connectivity index (χ1n) is 8.74. The van der Waals surface area contributed by atoms with Crippen LogP contribution < -0.4 is 16.0 Å². The van der Waals surface area contributed by atoms with E-state index in [0.717, 1.165) is 11.9 Å². The molecule has 0 bridgehead atoms. The van der Waals surface area contributed by atoms with Crippen LogP contribution in [0.2, 0.25) is 0 Å². The van der Waals surface area contributed by atoms with Crippen molar-refractivity contribution in [3.8, 4) is 5.75 Å². The maximum Gasteiger partial charge on any atom is 0.229 e. The van der Waals surface area contributed by atoms with Crippen molar-refractivity contribution in [3.63, 3.8) is 0 Å². The largest absolute Gasteiger partial charge is 0.508 e. The Morgan fingerprint density at radius 2 is 1.79 bits per heavy atom. The zero-order valence-electron chi connectivity index (χ0n) is 15.2. The number of hydrogen-bond acceptors (Lipinski definition) is 7.